The second-order valence-electron chi connectivity index (χ2n) is 7.83. The maximum Gasteiger partial charge on any atom is 0.258 e. The van der Waals surface area contributed by atoms with E-state index < -0.39 is 11.7 Å². The molecule has 2 amide bonds. The van der Waals surface area contributed by atoms with E-state index in [9.17, 15) is 14.0 Å². The summed E-state index contributed by atoms with van der Waals surface area (Å²) in [4.78, 5) is 31.8. The van der Waals surface area contributed by atoms with Crippen molar-refractivity contribution in [3.05, 3.63) is 83.7 Å². The molecule has 1 N–H and O–H groups in total. The molecule has 5 nitrogen and oxygen atoms in total. The van der Waals surface area contributed by atoms with E-state index in [0.717, 1.165) is 26.7 Å². The molecule has 166 valence electrons. The number of nitrogens with zero attached hydrogens (tertiary/aromatic N) is 2. The first-order valence-corrected chi connectivity index (χ1v) is 12.3. The first kappa shape index (κ1) is 21.6. The Morgan fingerprint density at radius 3 is 2.79 bits per heavy atom. The second-order valence-corrected chi connectivity index (χ2v) is 10.1. The van der Waals surface area contributed by atoms with Crippen LogP contribution in [0, 0.1) is 5.82 Å². The van der Waals surface area contributed by atoms with E-state index in [1.54, 1.807) is 18.2 Å². The summed E-state index contributed by atoms with van der Waals surface area (Å²) in [6, 6.07) is 19.4. The number of halogens is 1. The third-order valence-electron chi connectivity index (χ3n) is 5.54. The molecule has 33 heavy (non-hydrogen) atoms. The molecule has 0 saturated carbocycles. The molecular formula is C25H20FN3O2S2. The van der Waals surface area contributed by atoms with Gasteiger partial charge in [-0.2, -0.15) is 0 Å². The van der Waals surface area contributed by atoms with Crippen molar-refractivity contribution in [3.63, 3.8) is 0 Å². The molecule has 1 atom stereocenters. The van der Waals surface area contributed by atoms with Crippen LogP contribution in [-0.4, -0.2) is 28.6 Å². The highest BCUT2D eigenvalue weighted by Gasteiger charge is 2.30. The monoisotopic (exact) mass is 477 g/mol. The van der Waals surface area contributed by atoms with Gasteiger partial charge in [-0.15, -0.1) is 11.3 Å². The van der Waals surface area contributed by atoms with E-state index in [2.05, 4.69) is 23.3 Å². The van der Waals surface area contributed by atoms with Crippen LogP contribution >= 0.6 is 23.1 Å². The average molecular weight is 478 g/mol. The quantitative estimate of drug-likeness (QED) is 0.372. The highest BCUT2D eigenvalue weighted by atomic mass is 32.2. The van der Waals surface area contributed by atoms with Crippen LogP contribution in [0.5, 0.6) is 0 Å². The Balaban J connectivity index is 1.27. The van der Waals surface area contributed by atoms with Gasteiger partial charge in [-0.1, -0.05) is 42.1 Å². The Bertz CT molecular complexity index is 1370. The lowest BCUT2D eigenvalue weighted by Gasteiger charge is -2.22. The van der Waals surface area contributed by atoms with Crippen molar-refractivity contribution in [3.8, 4) is 0 Å². The standard InChI is InChI=1S/C25H20FN3O2S2/c1-15-12-16-6-2-5-9-21(16)29(15)23(30)14-32-25-28-20-11-10-17(13-22(20)33-25)27-24(31)18-7-3-4-8-19(18)26/h2-11,13,15H,12,14H2,1H3,(H,27,31)/t15-/m1/s1. The Kier molecular flexibility index (Phi) is 5.86. The third-order valence-corrected chi connectivity index (χ3v) is 7.69. The molecule has 0 fully saturated rings. The number of nitrogens with one attached hydrogen (secondary N) is 1. The maximum atomic E-state index is 13.9. The normalized spacial score (nSPS) is 15.0. The number of carbonyl (C=O) groups is 2. The van der Waals surface area contributed by atoms with Crippen LogP contribution in [0.2, 0.25) is 0 Å². The Labute approximate surface area is 198 Å². The molecule has 1 aromatic heterocycles. The number of hydrogen-bond donors (Lipinski definition) is 1. The lowest BCUT2D eigenvalue weighted by molar-refractivity contribution is -0.116. The number of thiazole rings is 1. The number of fused-ring (bicyclic) bond motifs is 2. The predicted molar refractivity (Wildman–Crippen MR) is 132 cm³/mol. The summed E-state index contributed by atoms with van der Waals surface area (Å²) in [6.07, 6.45) is 0.870. The van der Waals surface area contributed by atoms with Crippen LogP contribution in [0.15, 0.2) is 71.1 Å². The maximum absolute atomic E-state index is 13.9. The van der Waals surface area contributed by atoms with Crippen LogP contribution < -0.4 is 10.2 Å². The van der Waals surface area contributed by atoms with E-state index in [0.29, 0.717) is 11.4 Å². The number of carbonyl (C=O) groups excluding carboxylic acids is 2. The van der Waals surface area contributed by atoms with Crippen molar-refractivity contribution in [1.82, 2.24) is 4.98 Å². The minimum absolute atomic E-state index is 0.00521. The zero-order valence-corrected chi connectivity index (χ0v) is 19.4. The summed E-state index contributed by atoms with van der Waals surface area (Å²) in [5.41, 5.74) is 3.55. The molecule has 4 aromatic rings. The van der Waals surface area contributed by atoms with Crippen molar-refractivity contribution >= 4 is 56.5 Å². The zero-order chi connectivity index (χ0) is 22.9. The fourth-order valence-electron chi connectivity index (χ4n) is 4.03. The highest BCUT2D eigenvalue weighted by molar-refractivity contribution is 8.01. The average Bonchev–Trinajstić information content (AvgIpc) is 3.37. The van der Waals surface area contributed by atoms with Gasteiger partial charge in [-0.05, 0) is 55.3 Å². The van der Waals surface area contributed by atoms with Gasteiger partial charge < -0.3 is 10.2 Å². The number of amides is 2. The van der Waals surface area contributed by atoms with E-state index >= 15 is 0 Å². The SMILES string of the molecule is C[C@@H]1Cc2ccccc2N1C(=O)CSc1nc2ccc(NC(=O)c3ccccc3F)cc2s1. The van der Waals surface area contributed by atoms with E-state index in [1.165, 1.54) is 40.8 Å². The van der Waals surface area contributed by atoms with Gasteiger partial charge in [0.25, 0.3) is 5.91 Å². The number of hydrogen-bond acceptors (Lipinski definition) is 5. The van der Waals surface area contributed by atoms with Crippen LogP contribution in [-0.2, 0) is 11.2 Å². The summed E-state index contributed by atoms with van der Waals surface area (Å²) in [5.74, 6) is -0.700. The van der Waals surface area contributed by atoms with E-state index in [-0.39, 0.29) is 17.5 Å². The molecule has 5 rings (SSSR count). The van der Waals surface area contributed by atoms with Crippen molar-refractivity contribution in [2.75, 3.05) is 16.0 Å². The third kappa shape index (κ3) is 4.36. The number of rotatable bonds is 5. The van der Waals surface area contributed by atoms with Gasteiger partial charge in [0.05, 0.1) is 21.5 Å². The first-order valence-electron chi connectivity index (χ1n) is 10.5. The molecule has 1 aliphatic heterocycles. The van der Waals surface area contributed by atoms with Crippen molar-refractivity contribution < 1.29 is 14.0 Å². The van der Waals surface area contributed by atoms with E-state index in [4.69, 9.17) is 0 Å². The lowest BCUT2D eigenvalue weighted by Crippen LogP contribution is -2.36. The van der Waals surface area contributed by atoms with Crippen molar-refractivity contribution in [2.24, 2.45) is 0 Å². The Morgan fingerprint density at radius 1 is 1.15 bits per heavy atom. The topological polar surface area (TPSA) is 62.3 Å². The Morgan fingerprint density at radius 2 is 1.94 bits per heavy atom. The van der Waals surface area contributed by atoms with Gasteiger partial charge in [0.15, 0.2) is 4.34 Å². The lowest BCUT2D eigenvalue weighted by atomic mass is 10.1. The molecule has 0 bridgehead atoms. The van der Waals surface area contributed by atoms with Crippen molar-refractivity contribution in [1.29, 1.82) is 0 Å². The fourth-order valence-corrected chi connectivity index (χ4v) is 5.99. The molecule has 0 aliphatic carbocycles. The minimum atomic E-state index is -0.563. The number of thioether (sulfide) groups is 1. The minimum Gasteiger partial charge on any atom is -0.322 e. The van der Waals surface area contributed by atoms with Crippen LogP contribution in [0.3, 0.4) is 0 Å². The predicted octanol–water partition coefficient (Wildman–Crippen LogP) is 5.76. The number of benzene rings is 3. The number of para-hydroxylation sites is 1. The molecule has 3 aromatic carbocycles. The van der Waals surface area contributed by atoms with Gasteiger partial charge in [0.1, 0.15) is 5.82 Å². The van der Waals surface area contributed by atoms with Crippen LogP contribution in [0.25, 0.3) is 10.2 Å². The van der Waals surface area contributed by atoms with Gasteiger partial charge in [0, 0.05) is 17.4 Å². The van der Waals surface area contributed by atoms with Crippen LogP contribution in [0.1, 0.15) is 22.8 Å². The van der Waals surface area contributed by atoms with Gasteiger partial charge in [-0.3, -0.25) is 9.59 Å². The molecule has 8 heteroatoms. The summed E-state index contributed by atoms with van der Waals surface area (Å²) in [6.45, 7) is 2.07. The van der Waals surface area contributed by atoms with Gasteiger partial charge >= 0.3 is 0 Å². The van der Waals surface area contributed by atoms with Gasteiger partial charge in [0.2, 0.25) is 5.91 Å². The molecule has 0 radical (unpaired) electrons. The molecule has 2 heterocycles. The molecule has 0 saturated heterocycles. The Hall–Kier alpha value is -3.23. The van der Waals surface area contributed by atoms with Gasteiger partial charge in [-0.25, -0.2) is 9.37 Å². The summed E-state index contributed by atoms with van der Waals surface area (Å²) >= 11 is 2.88. The molecular weight excluding hydrogens is 457 g/mol. The summed E-state index contributed by atoms with van der Waals surface area (Å²) < 4.78 is 15.5. The first-order chi connectivity index (χ1) is 16.0. The zero-order valence-electron chi connectivity index (χ0n) is 17.7. The number of anilines is 2. The van der Waals surface area contributed by atoms with Crippen molar-refractivity contribution in [2.45, 2.75) is 23.7 Å². The van der Waals surface area contributed by atoms with Crippen LogP contribution in [0.4, 0.5) is 15.8 Å². The molecule has 1 aliphatic rings. The molecule has 0 unspecified atom stereocenters. The fraction of sp³-hybridized carbons (Fsp3) is 0.160. The smallest absolute Gasteiger partial charge is 0.258 e. The number of aromatic nitrogens is 1. The highest BCUT2D eigenvalue weighted by Crippen LogP contribution is 2.35. The largest absolute Gasteiger partial charge is 0.322 e. The second kappa shape index (κ2) is 8.96. The summed E-state index contributed by atoms with van der Waals surface area (Å²) in [5, 5.41) is 2.73. The molecule has 0 spiro atoms. The van der Waals surface area contributed by atoms with E-state index in [1.807, 2.05) is 35.2 Å². The summed E-state index contributed by atoms with van der Waals surface area (Å²) in [7, 11) is 0.